The van der Waals surface area contributed by atoms with Crippen LogP contribution < -0.4 is 0 Å². The van der Waals surface area contributed by atoms with Gasteiger partial charge in [-0.15, -0.1) is 11.8 Å². The third kappa shape index (κ3) is 3.15. The number of aryl methyl sites for hydroxylation is 1. The molecule has 94 valence electrons. The average Bonchev–Trinajstić information content (AvgIpc) is 2.48. The SMILES string of the molecule is c1ccc2cc(SCCc3ccncc3)ccc2c1. The van der Waals surface area contributed by atoms with E-state index in [0.717, 1.165) is 12.2 Å². The first-order chi connectivity index (χ1) is 9.42. The number of thioether (sulfide) groups is 1. The number of rotatable bonds is 4. The molecule has 0 aliphatic heterocycles. The second-order valence-electron chi connectivity index (χ2n) is 4.46. The topological polar surface area (TPSA) is 12.9 Å². The summed E-state index contributed by atoms with van der Waals surface area (Å²) in [6.07, 6.45) is 4.80. The van der Waals surface area contributed by atoms with Gasteiger partial charge in [-0.05, 0) is 47.0 Å². The second kappa shape index (κ2) is 5.89. The van der Waals surface area contributed by atoms with E-state index in [1.54, 1.807) is 0 Å². The van der Waals surface area contributed by atoms with Crippen molar-refractivity contribution >= 4 is 22.5 Å². The van der Waals surface area contributed by atoms with Crippen molar-refractivity contribution in [2.75, 3.05) is 5.75 Å². The van der Waals surface area contributed by atoms with Crippen LogP contribution in [0.3, 0.4) is 0 Å². The summed E-state index contributed by atoms with van der Waals surface area (Å²) < 4.78 is 0. The predicted molar refractivity (Wildman–Crippen MR) is 82.6 cm³/mol. The van der Waals surface area contributed by atoms with E-state index in [1.807, 2.05) is 24.2 Å². The largest absolute Gasteiger partial charge is 0.265 e. The summed E-state index contributed by atoms with van der Waals surface area (Å²) >= 11 is 1.91. The van der Waals surface area contributed by atoms with Crippen molar-refractivity contribution in [2.24, 2.45) is 0 Å². The first-order valence-electron chi connectivity index (χ1n) is 6.42. The maximum absolute atomic E-state index is 4.04. The fourth-order valence-corrected chi connectivity index (χ4v) is 3.04. The molecule has 0 spiro atoms. The van der Waals surface area contributed by atoms with Crippen LogP contribution >= 0.6 is 11.8 Å². The van der Waals surface area contributed by atoms with E-state index in [9.17, 15) is 0 Å². The predicted octanol–water partition coefficient (Wildman–Crippen LogP) is 4.57. The van der Waals surface area contributed by atoms with Gasteiger partial charge in [0, 0.05) is 23.0 Å². The number of fused-ring (bicyclic) bond motifs is 1. The van der Waals surface area contributed by atoms with Crippen molar-refractivity contribution in [3.05, 3.63) is 72.6 Å². The van der Waals surface area contributed by atoms with Crippen LogP contribution in [0.4, 0.5) is 0 Å². The summed E-state index contributed by atoms with van der Waals surface area (Å²) in [7, 11) is 0. The number of pyridine rings is 1. The molecule has 0 unspecified atom stereocenters. The Morgan fingerprint density at radius 2 is 1.63 bits per heavy atom. The van der Waals surface area contributed by atoms with Crippen molar-refractivity contribution in [1.29, 1.82) is 0 Å². The fraction of sp³-hybridized carbons (Fsp3) is 0.118. The molecular formula is C17H15NS. The summed E-state index contributed by atoms with van der Waals surface area (Å²) in [5.41, 5.74) is 1.35. The molecule has 19 heavy (non-hydrogen) atoms. The quantitative estimate of drug-likeness (QED) is 0.641. The lowest BCUT2D eigenvalue weighted by atomic mass is 10.1. The van der Waals surface area contributed by atoms with Crippen molar-refractivity contribution < 1.29 is 0 Å². The number of aromatic nitrogens is 1. The summed E-state index contributed by atoms with van der Waals surface area (Å²) in [5, 5.41) is 2.62. The smallest absolute Gasteiger partial charge is 0.0270 e. The molecule has 0 saturated heterocycles. The molecule has 0 aliphatic rings. The Labute approximate surface area is 117 Å². The molecule has 0 bridgehead atoms. The summed E-state index contributed by atoms with van der Waals surface area (Å²) in [4.78, 5) is 5.38. The molecule has 1 heterocycles. The zero-order chi connectivity index (χ0) is 12.9. The molecule has 2 aromatic carbocycles. The van der Waals surface area contributed by atoms with Gasteiger partial charge >= 0.3 is 0 Å². The van der Waals surface area contributed by atoms with Gasteiger partial charge in [0.1, 0.15) is 0 Å². The minimum Gasteiger partial charge on any atom is -0.265 e. The van der Waals surface area contributed by atoms with E-state index in [1.165, 1.54) is 21.2 Å². The Kier molecular flexibility index (Phi) is 3.80. The molecule has 0 atom stereocenters. The lowest BCUT2D eigenvalue weighted by molar-refractivity contribution is 1.13. The normalized spacial score (nSPS) is 10.7. The maximum atomic E-state index is 4.04. The van der Waals surface area contributed by atoms with Crippen molar-refractivity contribution in [3.63, 3.8) is 0 Å². The Morgan fingerprint density at radius 1 is 0.842 bits per heavy atom. The van der Waals surface area contributed by atoms with Crippen LogP contribution in [-0.2, 0) is 6.42 Å². The molecule has 1 aromatic heterocycles. The van der Waals surface area contributed by atoms with Crippen molar-refractivity contribution in [2.45, 2.75) is 11.3 Å². The molecular weight excluding hydrogens is 250 g/mol. The van der Waals surface area contributed by atoms with Crippen LogP contribution in [0.1, 0.15) is 5.56 Å². The lowest BCUT2D eigenvalue weighted by Gasteiger charge is -2.04. The van der Waals surface area contributed by atoms with Crippen LogP contribution in [0.25, 0.3) is 10.8 Å². The molecule has 0 radical (unpaired) electrons. The fourth-order valence-electron chi connectivity index (χ4n) is 2.09. The van der Waals surface area contributed by atoms with Crippen LogP contribution in [-0.4, -0.2) is 10.7 Å². The number of hydrogen-bond acceptors (Lipinski definition) is 2. The van der Waals surface area contributed by atoms with Crippen LogP contribution in [0, 0.1) is 0 Å². The Morgan fingerprint density at radius 3 is 2.47 bits per heavy atom. The zero-order valence-corrected chi connectivity index (χ0v) is 11.4. The second-order valence-corrected chi connectivity index (χ2v) is 5.63. The van der Waals surface area contributed by atoms with Gasteiger partial charge in [-0.25, -0.2) is 0 Å². The first kappa shape index (κ1) is 12.2. The minimum atomic E-state index is 1.08. The maximum Gasteiger partial charge on any atom is 0.0270 e. The average molecular weight is 265 g/mol. The molecule has 3 rings (SSSR count). The van der Waals surface area contributed by atoms with Crippen molar-refractivity contribution in [3.8, 4) is 0 Å². The highest BCUT2D eigenvalue weighted by Gasteiger charge is 1.98. The van der Waals surface area contributed by atoms with Crippen molar-refractivity contribution in [1.82, 2.24) is 4.98 Å². The molecule has 3 aromatic rings. The van der Waals surface area contributed by atoms with E-state index in [2.05, 4.69) is 59.6 Å². The molecule has 0 aliphatic carbocycles. The van der Waals surface area contributed by atoms with Gasteiger partial charge in [0.05, 0.1) is 0 Å². The first-order valence-corrected chi connectivity index (χ1v) is 7.41. The summed E-state index contributed by atoms with van der Waals surface area (Å²) in [5.74, 6) is 1.10. The third-order valence-corrected chi connectivity index (χ3v) is 4.13. The molecule has 0 N–H and O–H groups in total. The standard InChI is InChI=1S/C17H15NS/c1-2-4-16-13-17(6-5-15(16)3-1)19-12-9-14-7-10-18-11-8-14/h1-8,10-11,13H,9,12H2. The molecule has 0 fully saturated rings. The molecule has 0 saturated carbocycles. The van der Waals surface area contributed by atoms with E-state index in [4.69, 9.17) is 0 Å². The zero-order valence-electron chi connectivity index (χ0n) is 10.6. The number of nitrogens with zero attached hydrogens (tertiary/aromatic N) is 1. The Bertz CT molecular complexity index is 664. The molecule has 1 nitrogen and oxygen atoms in total. The van der Waals surface area contributed by atoms with Gasteiger partial charge in [0.2, 0.25) is 0 Å². The van der Waals surface area contributed by atoms with Gasteiger partial charge in [-0.2, -0.15) is 0 Å². The number of hydrogen-bond donors (Lipinski definition) is 0. The van der Waals surface area contributed by atoms with Crippen LogP contribution in [0.5, 0.6) is 0 Å². The summed E-state index contributed by atoms with van der Waals surface area (Å²) in [6.45, 7) is 0. The highest BCUT2D eigenvalue weighted by atomic mass is 32.2. The number of benzene rings is 2. The Hall–Kier alpha value is -1.80. The van der Waals surface area contributed by atoms with Crippen LogP contribution in [0.2, 0.25) is 0 Å². The monoisotopic (exact) mass is 265 g/mol. The van der Waals surface area contributed by atoms with E-state index >= 15 is 0 Å². The highest BCUT2D eigenvalue weighted by Crippen LogP contribution is 2.24. The lowest BCUT2D eigenvalue weighted by Crippen LogP contribution is -1.88. The van der Waals surface area contributed by atoms with E-state index < -0.39 is 0 Å². The summed E-state index contributed by atoms with van der Waals surface area (Å²) in [6, 6.07) is 19.3. The van der Waals surface area contributed by atoms with Gasteiger partial charge < -0.3 is 0 Å². The van der Waals surface area contributed by atoms with Gasteiger partial charge in [-0.1, -0.05) is 30.3 Å². The van der Waals surface area contributed by atoms with Crippen LogP contribution in [0.15, 0.2) is 71.9 Å². The van der Waals surface area contributed by atoms with Gasteiger partial charge in [0.15, 0.2) is 0 Å². The Balaban J connectivity index is 1.65. The van der Waals surface area contributed by atoms with E-state index in [-0.39, 0.29) is 0 Å². The molecule has 0 amide bonds. The minimum absolute atomic E-state index is 1.08. The van der Waals surface area contributed by atoms with Gasteiger partial charge in [0.25, 0.3) is 0 Å². The van der Waals surface area contributed by atoms with Gasteiger partial charge in [-0.3, -0.25) is 4.98 Å². The highest BCUT2D eigenvalue weighted by molar-refractivity contribution is 7.99. The van der Waals surface area contributed by atoms with E-state index in [0.29, 0.717) is 0 Å². The molecule has 2 heteroatoms. The third-order valence-electron chi connectivity index (χ3n) is 3.13.